The number of carbonyl (C=O) groups excluding carboxylic acids is 1. The zero-order valence-electron chi connectivity index (χ0n) is 13.6. The van der Waals surface area contributed by atoms with Crippen LogP contribution in [-0.2, 0) is 19.6 Å². The lowest BCUT2D eigenvalue weighted by Crippen LogP contribution is -2.33. The van der Waals surface area contributed by atoms with E-state index in [1.54, 1.807) is 0 Å². The molecule has 0 saturated heterocycles. The van der Waals surface area contributed by atoms with E-state index in [0.717, 1.165) is 42.9 Å². The molecule has 2 aromatic heterocycles. The molecule has 1 amide bonds. The Morgan fingerprint density at radius 2 is 2.12 bits per heavy atom. The van der Waals surface area contributed by atoms with Gasteiger partial charge in [0.2, 0.25) is 0 Å². The summed E-state index contributed by atoms with van der Waals surface area (Å²) in [6, 6.07) is 8.00. The highest BCUT2D eigenvalue weighted by Gasteiger charge is 2.21. The Labute approximate surface area is 148 Å². The van der Waals surface area contributed by atoms with E-state index >= 15 is 0 Å². The van der Waals surface area contributed by atoms with Crippen LogP contribution in [0.3, 0.4) is 0 Å². The molecule has 3 aromatic rings. The van der Waals surface area contributed by atoms with Gasteiger partial charge in [0.15, 0.2) is 0 Å². The first kappa shape index (κ1) is 16.1. The average Bonchev–Trinajstić information content (AvgIpc) is 3.25. The molecular formula is C16H18N6O2S. The van der Waals surface area contributed by atoms with Gasteiger partial charge in [-0.25, -0.2) is 0 Å². The summed E-state index contributed by atoms with van der Waals surface area (Å²) in [5, 5.41) is 15.8. The lowest BCUT2D eigenvalue weighted by atomic mass is 10.1. The lowest BCUT2D eigenvalue weighted by molar-refractivity contribution is 0.0938. The Kier molecular flexibility index (Phi) is 4.43. The number of aliphatic hydroxyl groups is 1. The highest BCUT2D eigenvalue weighted by molar-refractivity contribution is 7.00. The second-order valence-electron chi connectivity index (χ2n) is 6.02. The highest BCUT2D eigenvalue weighted by Crippen LogP contribution is 2.19. The second-order valence-corrected chi connectivity index (χ2v) is 6.55. The SMILES string of the molecule is O=C(NCCO)c1cc2n(n1)CCN(Cc1ccc3nsnc3c1)C2. The molecule has 0 atom stereocenters. The molecule has 0 aliphatic carbocycles. The van der Waals surface area contributed by atoms with Gasteiger partial charge >= 0.3 is 0 Å². The first-order valence-corrected chi connectivity index (χ1v) is 8.85. The van der Waals surface area contributed by atoms with Crippen molar-refractivity contribution in [2.45, 2.75) is 19.6 Å². The van der Waals surface area contributed by atoms with Gasteiger partial charge in [-0.1, -0.05) is 6.07 Å². The van der Waals surface area contributed by atoms with Crippen molar-refractivity contribution in [3.63, 3.8) is 0 Å². The minimum atomic E-state index is -0.246. The third-order valence-corrected chi connectivity index (χ3v) is 4.79. The molecule has 25 heavy (non-hydrogen) atoms. The quantitative estimate of drug-likeness (QED) is 0.694. The number of nitrogens with one attached hydrogen (secondary N) is 1. The van der Waals surface area contributed by atoms with Crippen LogP contribution >= 0.6 is 11.7 Å². The predicted molar refractivity (Wildman–Crippen MR) is 93.2 cm³/mol. The monoisotopic (exact) mass is 358 g/mol. The van der Waals surface area contributed by atoms with E-state index in [-0.39, 0.29) is 19.1 Å². The summed E-state index contributed by atoms with van der Waals surface area (Å²) in [5.41, 5.74) is 4.50. The van der Waals surface area contributed by atoms with Crippen molar-refractivity contribution in [3.8, 4) is 0 Å². The standard InChI is InChI=1S/C16H18N6O2S/c23-6-3-17-16(24)15-8-12-10-21(4-5-22(12)18-15)9-11-1-2-13-14(7-11)20-25-19-13/h1-2,7-8,23H,3-6,9-10H2,(H,17,24). The van der Waals surface area contributed by atoms with Crippen molar-refractivity contribution in [1.82, 2.24) is 28.7 Å². The number of hydrogen-bond donors (Lipinski definition) is 2. The maximum absolute atomic E-state index is 12.0. The van der Waals surface area contributed by atoms with Crippen molar-refractivity contribution in [2.24, 2.45) is 0 Å². The fraction of sp³-hybridized carbons (Fsp3) is 0.375. The molecule has 130 valence electrons. The van der Waals surface area contributed by atoms with Gasteiger partial charge in [-0.3, -0.25) is 14.4 Å². The molecule has 1 aliphatic rings. The number of fused-ring (bicyclic) bond motifs is 2. The first-order valence-electron chi connectivity index (χ1n) is 8.12. The first-order chi connectivity index (χ1) is 12.2. The molecule has 9 heteroatoms. The van der Waals surface area contributed by atoms with Crippen LogP contribution in [0.25, 0.3) is 11.0 Å². The Hall–Kier alpha value is -2.36. The van der Waals surface area contributed by atoms with Gasteiger partial charge in [-0.2, -0.15) is 13.8 Å². The van der Waals surface area contributed by atoms with E-state index in [4.69, 9.17) is 5.11 Å². The van der Waals surface area contributed by atoms with Gasteiger partial charge in [0.05, 0.1) is 30.6 Å². The summed E-state index contributed by atoms with van der Waals surface area (Å²) in [7, 11) is 0. The molecule has 0 unspecified atom stereocenters. The molecule has 0 bridgehead atoms. The number of aliphatic hydroxyl groups excluding tert-OH is 1. The number of benzene rings is 1. The van der Waals surface area contributed by atoms with Crippen molar-refractivity contribution in [2.75, 3.05) is 19.7 Å². The van der Waals surface area contributed by atoms with Crippen LogP contribution in [-0.4, -0.2) is 54.1 Å². The average molecular weight is 358 g/mol. The second kappa shape index (κ2) is 6.87. The number of amides is 1. The third-order valence-electron chi connectivity index (χ3n) is 4.23. The summed E-state index contributed by atoms with van der Waals surface area (Å²) in [6.45, 7) is 3.36. The Morgan fingerprint density at radius 1 is 1.24 bits per heavy atom. The summed E-state index contributed by atoms with van der Waals surface area (Å²) >= 11 is 1.23. The van der Waals surface area contributed by atoms with Crippen molar-refractivity contribution in [1.29, 1.82) is 0 Å². The van der Waals surface area contributed by atoms with Gasteiger partial charge in [0.25, 0.3) is 5.91 Å². The molecule has 1 aromatic carbocycles. The van der Waals surface area contributed by atoms with Crippen LogP contribution in [0.2, 0.25) is 0 Å². The van der Waals surface area contributed by atoms with Gasteiger partial charge in [-0.15, -0.1) is 0 Å². The Morgan fingerprint density at radius 3 is 3.00 bits per heavy atom. The highest BCUT2D eigenvalue weighted by atomic mass is 32.1. The number of carbonyl (C=O) groups is 1. The zero-order valence-corrected chi connectivity index (χ0v) is 14.4. The fourth-order valence-electron chi connectivity index (χ4n) is 3.01. The van der Waals surface area contributed by atoms with Crippen molar-refractivity contribution in [3.05, 3.63) is 41.2 Å². The fourth-order valence-corrected chi connectivity index (χ4v) is 3.53. The molecule has 0 spiro atoms. The van der Waals surface area contributed by atoms with Crippen LogP contribution in [0.15, 0.2) is 24.3 Å². The van der Waals surface area contributed by atoms with Crippen LogP contribution in [0, 0.1) is 0 Å². The van der Waals surface area contributed by atoms with Crippen molar-refractivity contribution < 1.29 is 9.90 Å². The normalized spacial score (nSPS) is 14.6. The smallest absolute Gasteiger partial charge is 0.271 e. The minimum absolute atomic E-state index is 0.0774. The van der Waals surface area contributed by atoms with Crippen LogP contribution in [0.5, 0.6) is 0 Å². The van der Waals surface area contributed by atoms with E-state index in [0.29, 0.717) is 5.69 Å². The van der Waals surface area contributed by atoms with E-state index in [1.807, 2.05) is 16.8 Å². The van der Waals surface area contributed by atoms with Gasteiger partial charge < -0.3 is 10.4 Å². The van der Waals surface area contributed by atoms with E-state index < -0.39 is 0 Å². The van der Waals surface area contributed by atoms with Crippen molar-refractivity contribution >= 4 is 28.7 Å². The van der Waals surface area contributed by atoms with Gasteiger partial charge in [0.1, 0.15) is 16.7 Å². The lowest BCUT2D eigenvalue weighted by Gasteiger charge is -2.27. The number of aromatic nitrogens is 4. The molecule has 2 N–H and O–H groups in total. The Balaban J connectivity index is 1.45. The molecular weight excluding hydrogens is 340 g/mol. The summed E-state index contributed by atoms with van der Waals surface area (Å²) < 4.78 is 10.4. The van der Waals surface area contributed by atoms with E-state index in [9.17, 15) is 4.79 Å². The third kappa shape index (κ3) is 3.39. The topological polar surface area (TPSA) is 96.2 Å². The summed E-state index contributed by atoms with van der Waals surface area (Å²) in [4.78, 5) is 14.3. The molecule has 0 saturated carbocycles. The van der Waals surface area contributed by atoms with Crippen LogP contribution in [0.4, 0.5) is 0 Å². The molecule has 0 fully saturated rings. The van der Waals surface area contributed by atoms with Crippen LogP contribution in [0.1, 0.15) is 21.7 Å². The van der Waals surface area contributed by atoms with E-state index in [1.165, 1.54) is 17.3 Å². The van der Waals surface area contributed by atoms with Crippen LogP contribution < -0.4 is 5.32 Å². The molecule has 8 nitrogen and oxygen atoms in total. The molecule has 1 aliphatic heterocycles. The summed E-state index contributed by atoms with van der Waals surface area (Å²) in [5.74, 6) is -0.246. The number of hydrogen-bond acceptors (Lipinski definition) is 7. The maximum Gasteiger partial charge on any atom is 0.271 e. The van der Waals surface area contributed by atoms with Gasteiger partial charge in [0, 0.05) is 26.2 Å². The number of rotatable bonds is 5. The molecule has 0 radical (unpaired) electrons. The Bertz CT molecular complexity index is 905. The molecule has 3 heterocycles. The molecule has 4 rings (SSSR count). The number of nitrogens with zero attached hydrogens (tertiary/aromatic N) is 5. The summed E-state index contributed by atoms with van der Waals surface area (Å²) in [6.07, 6.45) is 0. The minimum Gasteiger partial charge on any atom is -0.395 e. The van der Waals surface area contributed by atoms with E-state index in [2.05, 4.69) is 36.2 Å². The largest absolute Gasteiger partial charge is 0.395 e. The van der Waals surface area contributed by atoms with Gasteiger partial charge in [-0.05, 0) is 23.8 Å². The predicted octanol–water partition coefficient (Wildman–Crippen LogP) is 0.626. The maximum atomic E-state index is 12.0. The zero-order chi connectivity index (χ0) is 17.2.